The Morgan fingerprint density at radius 1 is 0.939 bits per heavy atom. The molecule has 1 N–H and O–H groups in total. The SMILES string of the molecule is COc1cc2ccccc2cc1C(=O)NN=Cc1ccccc1OCc1ccc(Cl)cc1Cl. The van der Waals surface area contributed by atoms with Crippen LogP contribution in [0, 0.1) is 0 Å². The Morgan fingerprint density at radius 3 is 2.42 bits per heavy atom. The van der Waals surface area contributed by atoms with E-state index in [4.69, 9.17) is 32.7 Å². The molecule has 0 heterocycles. The molecule has 4 rings (SSSR count). The van der Waals surface area contributed by atoms with Crippen molar-refractivity contribution in [3.8, 4) is 11.5 Å². The van der Waals surface area contributed by atoms with Gasteiger partial charge in [0, 0.05) is 21.2 Å². The first-order valence-corrected chi connectivity index (χ1v) is 10.9. The quantitative estimate of drug-likeness (QED) is 0.243. The van der Waals surface area contributed by atoms with Crippen molar-refractivity contribution >= 4 is 46.1 Å². The highest BCUT2D eigenvalue weighted by Gasteiger charge is 2.13. The predicted octanol–water partition coefficient (Wildman–Crippen LogP) is 6.50. The lowest BCUT2D eigenvalue weighted by Gasteiger charge is -2.11. The number of fused-ring (bicyclic) bond motifs is 1. The first-order chi connectivity index (χ1) is 16.0. The van der Waals surface area contributed by atoms with Crippen molar-refractivity contribution in [3.05, 3.63) is 106 Å². The van der Waals surface area contributed by atoms with Crippen LogP contribution in [0.15, 0.2) is 84.0 Å². The molecule has 0 aliphatic carbocycles. The van der Waals surface area contributed by atoms with Gasteiger partial charge in [-0.05, 0) is 47.2 Å². The minimum atomic E-state index is -0.375. The third kappa shape index (κ3) is 5.45. The fourth-order valence-electron chi connectivity index (χ4n) is 3.30. The number of ether oxygens (including phenoxy) is 2. The second-order valence-electron chi connectivity index (χ2n) is 7.16. The molecule has 33 heavy (non-hydrogen) atoms. The van der Waals surface area contributed by atoms with E-state index in [9.17, 15) is 4.79 Å². The minimum Gasteiger partial charge on any atom is -0.496 e. The number of rotatable bonds is 7. The molecule has 0 saturated carbocycles. The molecule has 0 radical (unpaired) electrons. The van der Waals surface area contributed by atoms with Gasteiger partial charge in [-0.15, -0.1) is 0 Å². The Labute approximate surface area is 201 Å². The molecule has 7 heteroatoms. The molecule has 0 saturated heterocycles. The number of carbonyl (C=O) groups excluding carboxylic acids is 1. The molecule has 0 spiro atoms. The maximum atomic E-state index is 12.8. The maximum Gasteiger partial charge on any atom is 0.275 e. The number of hydrogen-bond donors (Lipinski definition) is 1. The van der Waals surface area contributed by atoms with Crippen molar-refractivity contribution in [2.75, 3.05) is 7.11 Å². The van der Waals surface area contributed by atoms with Gasteiger partial charge in [-0.3, -0.25) is 4.79 Å². The number of carbonyl (C=O) groups is 1. The molecule has 4 aromatic rings. The Kier molecular flexibility index (Phi) is 7.13. The van der Waals surface area contributed by atoms with Crippen LogP contribution in [0.2, 0.25) is 10.0 Å². The van der Waals surface area contributed by atoms with Crippen molar-refractivity contribution in [3.63, 3.8) is 0 Å². The van der Waals surface area contributed by atoms with E-state index in [1.165, 1.54) is 13.3 Å². The molecule has 1 amide bonds. The lowest BCUT2D eigenvalue weighted by Crippen LogP contribution is -2.18. The second-order valence-corrected chi connectivity index (χ2v) is 8.00. The zero-order valence-electron chi connectivity index (χ0n) is 17.7. The Hall–Kier alpha value is -3.54. The molecule has 0 unspecified atom stereocenters. The number of nitrogens with zero attached hydrogens (tertiary/aromatic N) is 1. The summed E-state index contributed by atoms with van der Waals surface area (Å²) in [5, 5.41) is 7.14. The van der Waals surface area contributed by atoms with Crippen LogP contribution in [0.3, 0.4) is 0 Å². The topological polar surface area (TPSA) is 59.9 Å². The monoisotopic (exact) mass is 478 g/mol. The van der Waals surface area contributed by atoms with Crippen LogP contribution in [0.25, 0.3) is 10.8 Å². The Morgan fingerprint density at radius 2 is 1.67 bits per heavy atom. The molecular formula is C26H20Cl2N2O3. The van der Waals surface area contributed by atoms with Gasteiger partial charge in [0.1, 0.15) is 18.1 Å². The molecular weight excluding hydrogens is 459 g/mol. The number of para-hydroxylation sites is 1. The van der Waals surface area contributed by atoms with E-state index in [-0.39, 0.29) is 12.5 Å². The van der Waals surface area contributed by atoms with Crippen LogP contribution in [0.1, 0.15) is 21.5 Å². The highest BCUT2D eigenvalue weighted by Crippen LogP contribution is 2.26. The fraction of sp³-hybridized carbons (Fsp3) is 0.0769. The van der Waals surface area contributed by atoms with Gasteiger partial charge in [0.05, 0.1) is 18.9 Å². The summed E-state index contributed by atoms with van der Waals surface area (Å²) in [7, 11) is 1.53. The molecule has 0 fully saturated rings. The Bertz CT molecular complexity index is 1340. The zero-order chi connectivity index (χ0) is 23.2. The van der Waals surface area contributed by atoms with E-state index in [0.717, 1.165) is 16.3 Å². The van der Waals surface area contributed by atoms with Crippen molar-refractivity contribution in [2.45, 2.75) is 6.61 Å². The van der Waals surface area contributed by atoms with Gasteiger partial charge in [-0.1, -0.05) is 65.7 Å². The number of methoxy groups -OCH3 is 1. The van der Waals surface area contributed by atoms with Crippen LogP contribution >= 0.6 is 23.2 Å². The molecule has 0 atom stereocenters. The van der Waals surface area contributed by atoms with E-state index in [1.807, 2.05) is 60.7 Å². The molecule has 0 aliphatic rings. The van der Waals surface area contributed by atoms with Gasteiger partial charge in [-0.2, -0.15) is 5.10 Å². The van der Waals surface area contributed by atoms with Crippen molar-refractivity contribution < 1.29 is 14.3 Å². The molecule has 0 aromatic heterocycles. The highest BCUT2D eigenvalue weighted by atomic mass is 35.5. The summed E-state index contributed by atoms with van der Waals surface area (Å²) in [6, 6.07) is 24.0. The normalized spacial score (nSPS) is 11.0. The lowest BCUT2D eigenvalue weighted by molar-refractivity contribution is 0.0952. The third-order valence-electron chi connectivity index (χ3n) is 5.00. The van der Waals surface area contributed by atoms with Gasteiger partial charge in [0.15, 0.2) is 0 Å². The first-order valence-electron chi connectivity index (χ1n) is 10.1. The van der Waals surface area contributed by atoms with Crippen molar-refractivity contribution in [1.82, 2.24) is 5.43 Å². The Balaban J connectivity index is 1.48. The van der Waals surface area contributed by atoms with Crippen LogP contribution in [0.5, 0.6) is 11.5 Å². The number of benzene rings is 4. The molecule has 166 valence electrons. The average molecular weight is 479 g/mol. The summed E-state index contributed by atoms with van der Waals surface area (Å²) >= 11 is 12.2. The number of amides is 1. The maximum absolute atomic E-state index is 12.8. The molecule has 4 aromatic carbocycles. The summed E-state index contributed by atoms with van der Waals surface area (Å²) in [5.74, 6) is 0.704. The van der Waals surface area contributed by atoms with E-state index in [2.05, 4.69) is 10.5 Å². The van der Waals surface area contributed by atoms with E-state index < -0.39 is 0 Å². The van der Waals surface area contributed by atoms with Crippen LogP contribution in [-0.2, 0) is 6.61 Å². The number of halogens is 2. The van der Waals surface area contributed by atoms with Crippen molar-refractivity contribution in [1.29, 1.82) is 0 Å². The highest BCUT2D eigenvalue weighted by molar-refractivity contribution is 6.35. The lowest BCUT2D eigenvalue weighted by atomic mass is 10.1. The smallest absolute Gasteiger partial charge is 0.275 e. The zero-order valence-corrected chi connectivity index (χ0v) is 19.2. The summed E-state index contributed by atoms with van der Waals surface area (Å²) in [6.07, 6.45) is 1.53. The largest absolute Gasteiger partial charge is 0.496 e. The predicted molar refractivity (Wildman–Crippen MR) is 133 cm³/mol. The summed E-state index contributed by atoms with van der Waals surface area (Å²) in [5.41, 5.74) is 4.47. The first kappa shape index (κ1) is 22.6. The minimum absolute atomic E-state index is 0.265. The van der Waals surface area contributed by atoms with E-state index >= 15 is 0 Å². The number of hydrogen-bond acceptors (Lipinski definition) is 4. The number of hydrazone groups is 1. The third-order valence-corrected chi connectivity index (χ3v) is 5.59. The van der Waals surface area contributed by atoms with E-state index in [0.29, 0.717) is 32.7 Å². The number of nitrogens with one attached hydrogen (secondary N) is 1. The molecule has 0 aliphatic heterocycles. The molecule has 5 nitrogen and oxygen atoms in total. The van der Waals surface area contributed by atoms with Gasteiger partial charge < -0.3 is 9.47 Å². The van der Waals surface area contributed by atoms with Crippen LogP contribution in [0.4, 0.5) is 0 Å². The van der Waals surface area contributed by atoms with Crippen LogP contribution < -0.4 is 14.9 Å². The van der Waals surface area contributed by atoms with Gasteiger partial charge in [-0.25, -0.2) is 5.43 Å². The average Bonchev–Trinajstić information content (AvgIpc) is 2.83. The fourth-order valence-corrected chi connectivity index (χ4v) is 3.76. The van der Waals surface area contributed by atoms with Crippen molar-refractivity contribution in [2.24, 2.45) is 5.10 Å². The van der Waals surface area contributed by atoms with Crippen LogP contribution in [-0.4, -0.2) is 19.2 Å². The summed E-state index contributed by atoms with van der Waals surface area (Å²) in [6.45, 7) is 0.265. The van der Waals surface area contributed by atoms with Gasteiger partial charge in [0.2, 0.25) is 0 Å². The summed E-state index contributed by atoms with van der Waals surface area (Å²) < 4.78 is 11.3. The molecule has 0 bridgehead atoms. The summed E-state index contributed by atoms with van der Waals surface area (Å²) in [4.78, 5) is 12.8. The standard InChI is InChI=1S/C26H20Cl2N2O3/c1-32-25-13-18-7-3-2-6-17(18)12-22(25)26(31)30-29-15-19-8-4-5-9-24(19)33-16-20-10-11-21(27)14-23(20)28/h2-15H,16H2,1H3,(H,30,31). The van der Waals surface area contributed by atoms with Gasteiger partial charge >= 0.3 is 0 Å². The van der Waals surface area contributed by atoms with Gasteiger partial charge in [0.25, 0.3) is 5.91 Å². The van der Waals surface area contributed by atoms with E-state index in [1.54, 1.807) is 18.2 Å². The second kappa shape index (κ2) is 10.4.